The molecule has 2 aromatic carbocycles. The summed E-state index contributed by atoms with van der Waals surface area (Å²) in [4.78, 5) is 21.3. The third-order valence-corrected chi connectivity index (χ3v) is 6.05. The number of nitrogens with zero attached hydrogens (tertiary/aromatic N) is 2. The highest BCUT2D eigenvalue weighted by Gasteiger charge is 2.12. The molecule has 1 aromatic heterocycles. The Bertz CT molecular complexity index is 1170. The number of pyridine rings is 1. The van der Waals surface area contributed by atoms with E-state index >= 15 is 0 Å². The molecule has 1 aliphatic carbocycles. The minimum absolute atomic E-state index is 0.0387. The number of aliphatic imine (C=N–C) groups is 1. The van der Waals surface area contributed by atoms with Crippen LogP contribution in [-0.2, 0) is 24.1 Å². The Morgan fingerprint density at radius 2 is 1.85 bits per heavy atom. The number of carbonyl (C=O) groups excluding carboxylic acids is 1. The number of ether oxygens (including phenoxy) is 1. The van der Waals surface area contributed by atoms with E-state index in [4.69, 9.17) is 4.74 Å². The number of hydrogen-bond acceptors (Lipinski definition) is 5. The number of amides is 1. The van der Waals surface area contributed by atoms with Crippen molar-refractivity contribution in [2.75, 3.05) is 18.4 Å². The minimum Gasteiger partial charge on any atom is -0.457 e. The Labute approximate surface area is 194 Å². The largest absolute Gasteiger partial charge is 0.457 e. The first-order chi connectivity index (χ1) is 16.2. The van der Waals surface area contributed by atoms with Gasteiger partial charge in [-0.05, 0) is 79.1 Å². The summed E-state index contributed by atoms with van der Waals surface area (Å²) in [6, 6.07) is 17.9. The fraction of sp³-hybridized carbons (Fsp3) is 0.296. The second-order valence-corrected chi connectivity index (χ2v) is 8.52. The van der Waals surface area contributed by atoms with Gasteiger partial charge in [0.15, 0.2) is 0 Å². The predicted molar refractivity (Wildman–Crippen MR) is 130 cm³/mol. The van der Waals surface area contributed by atoms with Crippen LogP contribution in [-0.4, -0.2) is 29.8 Å². The first kappa shape index (κ1) is 21.2. The molecule has 0 spiro atoms. The monoisotopic (exact) mass is 440 g/mol. The Morgan fingerprint density at radius 3 is 2.70 bits per heavy atom. The fourth-order valence-corrected chi connectivity index (χ4v) is 4.30. The summed E-state index contributed by atoms with van der Waals surface area (Å²) >= 11 is 0. The van der Waals surface area contributed by atoms with Gasteiger partial charge in [0.05, 0.1) is 0 Å². The number of fused-ring (bicyclic) bond motifs is 1. The molecule has 0 unspecified atom stereocenters. The van der Waals surface area contributed by atoms with Gasteiger partial charge in [0.1, 0.15) is 23.0 Å². The summed E-state index contributed by atoms with van der Waals surface area (Å²) in [6.45, 7) is 1.74. The van der Waals surface area contributed by atoms with Gasteiger partial charge >= 0.3 is 0 Å². The normalized spacial score (nSPS) is 14.7. The maximum atomic E-state index is 12.4. The van der Waals surface area contributed by atoms with E-state index in [0.29, 0.717) is 12.8 Å². The summed E-state index contributed by atoms with van der Waals surface area (Å²) in [5, 5.41) is 6.32. The van der Waals surface area contributed by atoms with Gasteiger partial charge in [-0.25, -0.2) is 0 Å². The molecule has 0 saturated heterocycles. The second-order valence-electron chi connectivity index (χ2n) is 8.52. The number of anilines is 1. The minimum atomic E-state index is 0.0387. The smallest absolute Gasteiger partial charge is 0.224 e. The molecule has 2 aliphatic rings. The van der Waals surface area contributed by atoms with Gasteiger partial charge < -0.3 is 15.4 Å². The molecule has 1 amide bonds. The lowest BCUT2D eigenvalue weighted by molar-refractivity contribution is -0.116. The molecule has 0 fully saturated rings. The van der Waals surface area contributed by atoms with E-state index in [1.54, 1.807) is 6.20 Å². The standard InChI is InChI=1S/C27H28N4O2/c32-26(31-22-9-8-20-3-1-4-21(20)17-22)12-7-19-5-10-23(11-6-19)33-24-13-16-28-25(18-24)27-29-14-2-15-30-27/h5-6,8-11,13,16-18H,1-4,7,12,14-15H2,(H,29,30)(H,31,32). The Kier molecular flexibility index (Phi) is 6.33. The van der Waals surface area contributed by atoms with Crippen molar-refractivity contribution in [1.29, 1.82) is 0 Å². The van der Waals surface area contributed by atoms with Crippen LogP contribution in [0, 0.1) is 0 Å². The molecule has 0 bridgehead atoms. The van der Waals surface area contributed by atoms with E-state index in [2.05, 4.69) is 32.7 Å². The van der Waals surface area contributed by atoms with E-state index in [9.17, 15) is 4.79 Å². The first-order valence-corrected chi connectivity index (χ1v) is 11.7. The molecular weight excluding hydrogens is 412 g/mol. The van der Waals surface area contributed by atoms with Crippen LogP contribution >= 0.6 is 0 Å². The third-order valence-electron chi connectivity index (χ3n) is 6.05. The molecule has 3 aromatic rings. The van der Waals surface area contributed by atoms with E-state index in [-0.39, 0.29) is 5.91 Å². The quantitative estimate of drug-likeness (QED) is 0.560. The Balaban J connectivity index is 1.14. The summed E-state index contributed by atoms with van der Waals surface area (Å²) in [5.74, 6) is 2.32. The lowest BCUT2D eigenvalue weighted by Gasteiger charge is -2.14. The van der Waals surface area contributed by atoms with Crippen LogP contribution in [0.4, 0.5) is 5.69 Å². The highest BCUT2D eigenvalue weighted by molar-refractivity contribution is 5.97. The molecule has 0 radical (unpaired) electrons. The van der Waals surface area contributed by atoms with Crippen LogP contribution in [0.2, 0.25) is 0 Å². The maximum absolute atomic E-state index is 12.4. The summed E-state index contributed by atoms with van der Waals surface area (Å²) < 4.78 is 6.00. The van der Waals surface area contributed by atoms with Crippen molar-refractivity contribution < 1.29 is 9.53 Å². The molecule has 33 heavy (non-hydrogen) atoms. The van der Waals surface area contributed by atoms with Gasteiger partial charge in [-0.2, -0.15) is 0 Å². The third kappa shape index (κ3) is 5.40. The van der Waals surface area contributed by atoms with E-state index in [1.165, 1.54) is 17.5 Å². The maximum Gasteiger partial charge on any atom is 0.224 e. The van der Waals surface area contributed by atoms with Gasteiger partial charge in [-0.15, -0.1) is 0 Å². The van der Waals surface area contributed by atoms with Crippen molar-refractivity contribution >= 4 is 17.4 Å². The van der Waals surface area contributed by atoms with Gasteiger partial charge in [0.2, 0.25) is 5.91 Å². The van der Waals surface area contributed by atoms with E-state index < -0.39 is 0 Å². The van der Waals surface area contributed by atoms with Crippen LogP contribution in [0.15, 0.2) is 65.8 Å². The summed E-state index contributed by atoms with van der Waals surface area (Å²) in [7, 11) is 0. The summed E-state index contributed by atoms with van der Waals surface area (Å²) in [6.07, 6.45) is 7.38. The molecule has 6 heteroatoms. The van der Waals surface area contributed by atoms with Crippen molar-refractivity contribution in [2.24, 2.45) is 4.99 Å². The van der Waals surface area contributed by atoms with Gasteiger partial charge in [-0.3, -0.25) is 14.8 Å². The van der Waals surface area contributed by atoms with Crippen molar-refractivity contribution in [1.82, 2.24) is 10.3 Å². The summed E-state index contributed by atoms with van der Waals surface area (Å²) in [5.41, 5.74) is 5.57. The highest BCUT2D eigenvalue weighted by Crippen LogP contribution is 2.25. The van der Waals surface area contributed by atoms with Crippen molar-refractivity contribution in [3.63, 3.8) is 0 Å². The van der Waals surface area contributed by atoms with Crippen LogP contribution in [0.1, 0.15) is 41.6 Å². The number of amidine groups is 1. The topological polar surface area (TPSA) is 75.6 Å². The van der Waals surface area contributed by atoms with Crippen molar-refractivity contribution in [3.05, 3.63) is 83.2 Å². The molecule has 5 rings (SSSR count). The Hall–Kier alpha value is -3.67. The van der Waals surface area contributed by atoms with Gasteiger partial charge in [0, 0.05) is 37.5 Å². The molecule has 6 nitrogen and oxygen atoms in total. The molecule has 168 valence electrons. The van der Waals surface area contributed by atoms with Gasteiger partial charge in [0.25, 0.3) is 0 Å². The van der Waals surface area contributed by atoms with Crippen molar-refractivity contribution in [2.45, 2.75) is 38.5 Å². The number of nitrogens with one attached hydrogen (secondary N) is 2. The lowest BCUT2D eigenvalue weighted by atomic mass is 10.1. The number of hydrogen-bond donors (Lipinski definition) is 2. The number of aryl methyl sites for hydroxylation is 3. The highest BCUT2D eigenvalue weighted by atomic mass is 16.5. The lowest BCUT2D eigenvalue weighted by Crippen LogP contribution is -2.30. The first-order valence-electron chi connectivity index (χ1n) is 11.7. The number of rotatable bonds is 7. The zero-order valence-electron chi connectivity index (χ0n) is 18.6. The Morgan fingerprint density at radius 1 is 0.970 bits per heavy atom. The van der Waals surface area contributed by atoms with Crippen LogP contribution < -0.4 is 15.4 Å². The molecule has 2 N–H and O–H groups in total. The number of aromatic nitrogens is 1. The second kappa shape index (κ2) is 9.86. The predicted octanol–water partition coefficient (Wildman–Crippen LogP) is 4.67. The molecular formula is C27H28N4O2. The molecule has 0 atom stereocenters. The van der Waals surface area contributed by atoms with Crippen LogP contribution in [0.3, 0.4) is 0 Å². The molecule has 2 heterocycles. The van der Waals surface area contributed by atoms with E-state index in [1.807, 2.05) is 42.5 Å². The SMILES string of the molecule is O=C(CCc1ccc(Oc2ccnc(C3=NCCCN3)c2)cc1)Nc1ccc2c(c1)CCC2. The fourth-order valence-electron chi connectivity index (χ4n) is 4.30. The van der Waals surface area contributed by atoms with Crippen molar-refractivity contribution in [3.8, 4) is 11.5 Å². The average molecular weight is 441 g/mol. The average Bonchev–Trinajstić information content (AvgIpc) is 3.32. The zero-order chi connectivity index (χ0) is 22.5. The molecule has 1 aliphatic heterocycles. The van der Waals surface area contributed by atoms with Crippen LogP contribution in [0.25, 0.3) is 0 Å². The molecule has 0 saturated carbocycles. The van der Waals surface area contributed by atoms with Crippen LogP contribution in [0.5, 0.6) is 11.5 Å². The zero-order valence-corrected chi connectivity index (χ0v) is 18.6. The van der Waals surface area contributed by atoms with Gasteiger partial charge in [-0.1, -0.05) is 18.2 Å². The van der Waals surface area contributed by atoms with E-state index in [0.717, 1.165) is 66.6 Å². The number of benzene rings is 2. The number of carbonyl (C=O) groups is 1.